The molecule has 0 amide bonds. The number of hydrogen-bond donors (Lipinski definition) is 2. The van der Waals surface area contributed by atoms with Crippen molar-refractivity contribution in [2.75, 3.05) is 18.0 Å². The van der Waals surface area contributed by atoms with E-state index >= 15 is 0 Å². The Labute approximate surface area is 174 Å². The molecule has 5 aromatic rings. The van der Waals surface area contributed by atoms with Gasteiger partial charge in [0.15, 0.2) is 5.82 Å². The Morgan fingerprint density at radius 3 is 2.33 bits per heavy atom. The average Bonchev–Trinajstić information content (AvgIpc) is 3.43. The summed E-state index contributed by atoms with van der Waals surface area (Å²) in [7, 11) is 0. The summed E-state index contributed by atoms with van der Waals surface area (Å²) in [6.45, 7) is 2.28. The van der Waals surface area contributed by atoms with Crippen LogP contribution in [0.4, 0.5) is 5.69 Å². The number of pyridine rings is 1. The summed E-state index contributed by atoms with van der Waals surface area (Å²) in [4.78, 5) is 23.2. The monoisotopic (exact) mass is 394 g/mol. The molecule has 3 aromatic heterocycles. The minimum atomic E-state index is 0.776. The van der Waals surface area contributed by atoms with Crippen LogP contribution >= 0.6 is 0 Å². The van der Waals surface area contributed by atoms with Crippen molar-refractivity contribution in [3.8, 4) is 22.9 Å². The van der Waals surface area contributed by atoms with Gasteiger partial charge in [0.25, 0.3) is 0 Å². The van der Waals surface area contributed by atoms with E-state index in [1.54, 1.807) is 6.20 Å². The van der Waals surface area contributed by atoms with Crippen molar-refractivity contribution >= 4 is 27.8 Å². The van der Waals surface area contributed by atoms with Crippen molar-refractivity contribution in [3.05, 3.63) is 60.8 Å². The number of anilines is 1. The van der Waals surface area contributed by atoms with E-state index < -0.39 is 0 Å². The number of hydrogen-bond acceptors (Lipinski definition) is 4. The summed E-state index contributed by atoms with van der Waals surface area (Å²) < 4.78 is 0. The number of aromatic amines is 2. The van der Waals surface area contributed by atoms with Crippen LogP contribution in [0.2, 0.25) is 0 Å². The Hall–Kier alpha value is -3.67. The zero-order chi connectivity index (χ0) is 19.9. The average molecular weight is 394 g/mol. The fraction of sp³-hybridized carbons (Fsp3) is 0.208. The lowest BCUT2D eigenvalue weighted by molar-refractivity contribution is 0.578. The Balaban J connectivity index is 1.36. The van der Waals surface area contributed by atoms with Crippen LogP contribution in [0.5, 0.6) is 0 Å². The molecule has 0 spiro atoms. The van der Waals surface area contributed by atoms with Gasteiger partial charge in [0.1, 0.15) is 11.5 Å². The van der Waals surface area contributed by atoms with Gasteiger partial charge in [-0.15, -0.1) is 0 Å². The first-order valence-corrected chi connectivity index (χ1v) is 10.5. The molecule has 2 aromatic carbocycles. The first kappa shape index (κ1) is 17.2. The molecule has 1 aliphatic rings. The molecule has 0 radical (unpaired) electrons. The number of benzene rings is 2. The quantitative estimate of drug-likeness (QED) is 0.443. The predicted molar refractivity (Wildman–Crippen MR) is 120 cm³/mol. The van der Waals surface area contributed by atoms with Crippen molar-refractivity contribution in [2.24, 2.45) is 0 Å². The molecule has 6 rings (SSSR count). The Morgan fingerprint density at radius 2 is 1.50 bits per heavy atom. The lowest BCUT2D eigenvalue weighted by atomic mass is 10.1. The fourth-order valence-corrected chi connectivity index (χ4v) is 4.26. The first-order chi connectivity index (χ1) is 14.8. The summed E-state index contributed by atoms with van der Waals surface area (Å²) in [6, 6.07) is 18.5. The molecule has 4 heterocycles. The highest BCUT2D eigenvalue weighted by Gasteiger charge is 2.14. The second kappa shape index (κ2) is 6.99. The van der Waals surface area contributed by atoms with Crippen molar-refractivity contribution in [3.63, 3.8) is 0 Å². The maximum atomic E-state index is 4.82. The van der Waals surface area contributed by atoms with E-state index in [2.05, 4.69) is 55.2 Å². The van der Waals surface area contributed by atoms with E-state index in [-0.39, 0.29) is 0 Å². The summed E-state index contributed by atoms with van der Waals surface area (Å²) in [6.07, 6.45) is 5.67. The smallest absolute Gasteiger partial charge is 0.157 e. The van der Waals surface area contributed by atoms with Gasteiger partial charge in [-0.1, -0.05) is 6.07 Å². The lowest BCUT2D eigenvalue weighted by Gasteiger charge is -2.28. The molecule has 0 bridgehead atoms. The molecule has 1 fully saturated rings. The largest absolute Gasteiger partial charge is 0.371 e. The highest BCUT2D eigenvalue weighted by atomic mass is 15.1. The van der Waals surface area contributed by atoms with Crippen LogP contribution in [0, 0.1) is 0 Å². The minimum absolute atomic E-state index is 0.776. The lowest BCUT2D eigenvalue weighted by Crippen LogP contribution is -2.29. The molecule has 6 nitrogen and oxygen atoms in total. The maximum absolute atomic E-state index is 4.82. The normalized spacial score (nSPS) is 14.6. The first-order valence-electron chi connectivity index (χ1n) is 10.5. The molecule has 2 N–H and O–H groups in total. The van der Waals surface area contributed by atoms with Crippen LogP contribution in [-0.2, 0) is 0 Å². The predicted octanol–water partition coefficient (Wildman–Crippen LogP) is 5.16. The van der Waals surface area contributed by atoms with Gasteiger partial charge in [0.2, 0.25) is 0 Å². The summed E-state index contributed by atoms with van der Waals surface area (Å²) in [5.41, 5.74) is 7.11. The Morgan fingerprint density at radius 1 is 0.733 bits per heavy atom. The second-order valence-corrected chi connectivity index (χ2v) is 7.87. The van der Waals surface area contributed by atoms with Crippen molar-refractivity contribution in [1.82, 2.24) is 24.9 Å². The summed E-state index contributed by atoms with van der Waals surface area (Å²) in [5.74, 6) is 1.65. The van der Waals surface area contributed by atoms with E-state index in [0.29, 0.717) is 0 Å². The molecular weight excluding hydrogens is 372 g/mol. The van der Waals surface area contributed by atoms with Crippen molar-refractivity contribution in [2.45, 2.75) is 19.3 Å². The zero-order valence-corrected chi connectivity index (χ0v) is 16.6. The number of aromatic nitrogens is 5. The Bertz CT molecular complexity index is 1330. The molecule has 0 atom stereocenters. The van der Waals surface area contributed by atoms with Gasteiger partial charge in [0, 0.05) is 30.5 Å². The standard InChI is InChI=1S/C24H22N6/c1-4-12-30(13-5-1)17-8-10-19-22(15-17)28-23(26-19)16-7-9-18-21(14-16)29-24(27-18)20-6-2-3-11-25-20/h2-3,6-11,14-15H,1,4-5,12-13H2,(H,26,28)(H,27,29). The van der Waals surface area contributed by atoms with Crippen molar-refractivity contribution < 1.29 is 0 Å². The van der Waals surface area contributed by atoms with Crippen LogP contribution in [0.25, 0.3) is 45.0 Å². The number of piperidine rings is 1. The van der Waals surface area contributed by atoms with Gasteiger partial charge in [-0.25, -0.2) is 9.97 Å². The highest BCUT2D eigenvalue weighted by molar-refractivity contribution is 5.86. The van der Waals surface area contributed by atoms with E-state index in [9.17, 15) is 0 Å². The Kier molecular flexibility index (Phi) is 4.01. The van der Waals surface area contributed by atoms with Crippen LogP contribution in [0.3, 0.4) is 0 Å². The number of H-pyrrole nitrogens is 2. The molecule has 0 aliphatic carbocycles. The number of fused-ring (bicyclic) bond motifs is 2. The van der Waals surface area contributed by atoms with Gasteiger partial charge in [-0.05, 0) is 67.8 Å². The van der Waals surface area contributed by atoms with Crippen LogP contribution in [0.1, 0.15) is 19.3 Å². The third-order valence-electron chi connectivity index (χ3n) is 5.85. The van der Waals surface area contributed by atoms with E-state index in [0.717, 1.165) is 58.1 Å². The number of imidazole rings is 2. The maximum Gasteiger partial charge on any atom is 0.157 e. The molecule has 6 heteroatoms. The van der Waals surface area contributed by atoms with Gasteiger partial charge < -0.3 is 14.9 Å². The topological polar surface area (TPSA) is 73.5 Å². The van der Waals surface area contributed by atoms with E-state index in [1.807, 2.05) is 24.3 Å². The molecule has 0 unspecified atom stereocenters. The van der Waals surface area contributed by atoms with Gasteiger partial charge in [0.05, 0.1) is 22.1 Å². The van der Waals surface area contributed by atoms with Crippen LogP contribution in [0.15, 0.2) is 60.8 Å². The molecule has 0 saturated carbocycles. The van der Waals surface area contributed by atoms with Gasteiger partial charge in [-0.2, -0.15) is 0 Å². The SMILES string of the molecule is c1ccc(-c2nc3ccc(-c4nc5ccc(N6CCCCC6)cc5[nH]4)cc3[nH]2)nc1. The van der Waals surface area contributed by atoms with Crippen LogP contribution < -0.4 is 4.90 Å². The van der Waals surface area contributed by atoms with Crippen molar-refractivity contribution in [1.29, 1.82) is 0 Å². The second-order valence-electron chi connectivity index (χ2n) is 7.87. The number of rotatable bonds is 3. The summed E-state index contributed by atoms with van der Waals surface area (Å²) >= 11 is 0. The number of nitrogens with zero attached hydrogens (tertiary/aromatic N) is 4. The summed E-state index contributed by atoms with van der Waals surface area (Å²) in [5, 5.41) is 0. The van der Waals surface area contributed by atoms with Gasteiger partial charge >= 0.3 is 0 Å². The molecule has 30 heavy (non-hydrogen) atoms. The highest BCUT2D eigenvalue weighted by Crippen LogP contribution is 2.28. The zero-order valence-electron chi connectivity index (χ0n) is 16.6. The fourth-order valence-electron chi connectivity index (χ4n) is 4.26. The van der Waals surface area contributed by atoms with Crippen LogP contribution in [-0.4, -0.2) is 38.0 Å². The number of nitrogens with one attached hydrogen (secondary N) is 2. The third kappa shape index (κ3) is 3.01. The molecule has 148 valence electrons. The third-order valence-corrected chi connectivity index (χ3v) is 5.85. The van der Waals surface area contributed by atoms with E-state index in [4.69, 9.17) is 4.98 Å². The van der Waals surface area contributed by atoms with E-state index in [1.165, 1.54) is 24.9 Å². The molecular formula is C24H22N6. The minimum Gasteiger partial charge on any atom is -0.371 e. The van der Waals surface area contributed by atoms with Gasteiger partial charge in [-0.3, -0.25) is 4.98 Å². The molecule has 1 aliphatic heterocycles. The molecule has 1 saturated heterocycles.